The smallest absolute Gasteiger partial charge is 0.170 e. The van der Waals surface area contributed by atoms with Gasteiger partial charge in [-0.2, -0.15) is 0 Å². The molecule has 0 saturated carbocycles. The number of aromatic nitrogens is 1. The van der Waals surface area contributed by atoms with Crippen LogP contribution in [0.2, 0.25) is 0 Å². The highest BCUT2D eigenvalue weighted by Crippen LogP contribution is 2.41. The summed E-state index contributed by atoms with van der Waals surface area (Å²) in [5, 5.41) is 4.10. The largest absolute Gasteiger partial charge is 0.459 e. The minimum Gasteiger partial charge on any atom is -0.459 e. The van der Waals surface area contributed by atoms with Crippen molar-refractivity contribution in [2.45, 2.75) is 31.0 Å². The summed E-state index contributed by atoms with van der Waals surface area (Å²) in [6, 6.07) is 15.8. The van der Waals surface area contributed by atoms with Crippen molar-refractivity contribution in [3.63, 3.8) is 0 Å². The number of nitrogens with one attached hydrogen (secondary N) is 1. The van der Waals surface area contributed by atoms with Crippen LogP contribution in [0.3, 0.4) is 0 Å². The van der Waals surface area contributed by atoms with Crippen LogP contribution in [0.25, 0.3) is 11.3 Å². The molecule has 5 rings (SSSR count). The quantitative estimate of drug-likeness (QED) is 0.604. The van der Waals surface area contributed by atoms with Crippen molar-refractivity contribution in [3.05, 3.63) is 78.1 Å². The highest BCUT2D eigenvalue weighted by Gasteiger charge is 2.42. The Kier molecular flexibility index (Phi) is 5.23. The highest BCUT2D eigenvalue weighted by atomic mass is 32.1. The van der Waals surface area contributed by atoms with Crippen molar-refractivity contribution in [2.75, 3.05) is 13.2 Å². The van der Waals surface area contributed by atoms with Crippen LogP contribution >= 0.6 is 12.2 Å². The maximum absolute atomic E-state index is 13.3. The Labute approximate surface area is 179 Å². The summed E-state index contributed by atoms with van der Waals surface area (Å²) < 4.78 is 25.4. The van der Waals surface area contributed by atoms with Gasteiger partial charge in [0.05, 0.1) is 17.8 Å². The van der Waals surface area contributed by atoms with E-state index in [4.69, 9.17) is 21.4 Å². The average Bonchev–Trinajstić information content (AvgIpc) is 3.51. The lowest BCUT2D eigenvalue weighted by molar-refractivity contribution is 0.0818. The minimum atomic E-state index is -0.270. The van der Waals surface area contributed by atoms with Crippen LogP contribution in [0, 0.1) is 5.82 Å². The van der Waals surface area contributed by atoms with E-state index >= 15 is 0 Å². The number of thiocarbonyl (C=S) groups is 1. The standard InChI is InChI=1S/C23H22FN3O2S/c24-16-8-6-15(7-9-16)19-10-11-20(29-19)22-21(18-5-1-2-12-25-18)26-23(30)27(22)14-17-4-3-13-28-17/h1-2,5-12,17,21-22H,3-4,13-14H2,(H,26,30)/t17-,21-,22-/m1/s1. The number of nitrogens with zero attached hydrogens (tertiary/aromatic N) is 2. The molecule has 1 N–H and O–H groups in total. The Hall–Kier alpha value is -2.77. The number of halogens is 1. The van der Waals surface area contributed by atoms with Gasteiger partial charge in [0.1, 0.15) is 23.4 Å². The fourth-order valence-electron chi connectivity index (χ4n) is 4.20. The van der Waals surface area contributed by atoms with Crippen molar-refractivity contribution in [1.82, 2.24) is 15.2 Å². The summed E-state index contributed by atoms with van der Waals surface area (Å²) in [4.78, 5) is 6.70. The van der Waals surface area contributed by atoms with Crippen LogP contribution in [0.1, 0.15) is 36.4 Å². The van der Waals surface area contributed by atoms with Gasteiger partial charge >= 0.3 is 0 Å². The van der Waals surface area contributed by atoms with E-state index in [1.165, 1.54) is 12.1 Å². The minimum absolute atomic E-state index is 0.132. The first-order chi connectivity index (χ1) is 14.7. The van der Waals surface area contributed by atoms with Crippen LogP contribution in [0.4, 0.5) is 4.39 Å². The Morgan fingerprint density at radius 3 is 2.73 bits per heavy atom. The predicted molar refractivity (Wildman–Crippen MR) is 115 cm³/mol. The molecule has 2 aliphatic rings. The van der Waals surface area contributed by atoms with Crippen LogP contribution < -0.4 is 5.32 Å². The third kappa shape index (κ3) is 3.70. The van der Waals surface area contributed by atoms with Gasteiger partial charge in [-0.3, -0.25) is 4.98 Å². The van der Waals surface area contributed by atoms with Gasteiger partial charge in [-0.15, -0.1) is 0 Å². The number of furan rings is 1. The Bertz CT molecular complexity index is 1020. The summed E-state index contributed by atoms with van der Waals surface area (Å²) in [6.07, 6.45) is 4.04. The van der Waals surface area contributed by atoms with Gasteiger partial charge in [0.25, 0.3) is 0 Å². The number of hydrogen-bond acceptors (Lipinski definition) is 4. The molecule has 2 fully saturated rings. The van der Waals surface area contributed by atoms with Gasteiger partial charge in [0.15, 0.2) is 5.11 Å². The maximum atomic E-state index is 13.3. The molecule has 1 aromatic carbocycles. The summed E-state index contributed by atoms with van der Waals surface area (Å²) in [6.45, 7) is 1.49. The molecule has 2 saturated heterocycles. The number of benzene rings is 1. The van der Waals surface area contributed by atoms with E-state index < -0.39 is 0 Å². The van der Waals surface area contributed by atoms with Crippen molar-refractivity contribution in [3.8, 4) is 11.3 Å². The van der Waals surface area contributed by atoms with Crippen molar-refractivity contribution in [2.24, 2.45) is 0 Å². The van der Waals surface area contributed by atoms with Crippen LogP contribution in [-0.2, 0) is 4.74 Å². The molecule has 2 aliphatic heterocycles. The van der Waals surface area contributed by atoms with Gasteiger partial charge in [-0.25, -0.2) is 4.39 Å². The number of rotatable bonds is 5. The van der Waals surface area contributed by atoms with Crippen LogP contribution in [0.15, 0.2) is 65.2 Å². The molecule has 7 heteroatoms. The van der Waals surface area contributed by atoms with Crippen molar-refractivity contribution < 1.29 is 13.5 Å². The van der Waals surface area contributed by atoms with Gasteiger partial charge in [-0.1, -0.05) is 6.07 Å². The first kappa shape index (κ1) is 19.2. The molecule has 154 valence electrons. The molecule has 5 nitrogen and oxygen atoms in total. The number of hydrogen-bond donors (Lipinski definition) is 1. The third-order valence-electron chi connectivity index (χ3n) is 5.67. The lowest BCUT2D eigenvalue weighted by Crippen LogP contribution is -2.36. The zero-order valence-corrected chi connectivity index (χ0v) is 17.1. The lowest BCUT2D eigenvalue weighted by atomic mass is 10.0. The fourth-order valence-corrected chi connectivity index (χ4v) is 4.51. The van der Waals surface area contributed by atoms with Gasteiger partial charge in [-0.05, 0) is 73.6 Å². The first-order valence-corrected chi connectivity index (χ1v) is 10.6. The summed E-state index contributed by atoms with van der Waals surface area (Å²) in [5.41, 5.74) is 1.73. The highest BCUT2D eigenvalue weighted by molar-refractivity contribution is 7.80. The molecule has 0 spiro atoms. The fraction of sp³-hybridized carbons (Fsp3) is 0.304. The normalized spacial score (nSPS) is 23.7. The average molecular weight is 424 g/mol. The number of ether oxygens (including phenoxy) is 1. The zero-order valence-electron chi connectivity index (χ0n) is 16.3. The molecular weight excluding hydrogens is 401 g/mol. The molecule has 0 unspecified atom stereocenters. The third-order valence-corrected chi connectivity index (χ3v) is 6.02. The SMILES string of the molecule is Fc1ccc(-c2ccc([C@@H]3[C@@H](c4ccccn4)NC(=S)N3C[C@H]3CCCO3)o2)cc1. The first-order valence-electron chi connectivity index (χ1n) is 10.1. The Morgan fingerprint density at radius 2 is 2.00 bits per heavy atom. The van der Waals surface area contributed by atoms with E-state index in [0.717, 1.165) is 36.5 Å². The zero-order chi connectivity index (χ0) is 20.5. The molecule has 4 heterocycles. The molecule has 3 atom stereocenters. The maximum Gasteiger partial charge on any atom is 0.170 e. The molecule has 0 aliphatic carbocycles. The van der Waals surface area contributed by atoms with E-state index in [1.807, 2.05) is 30.3 Å². The molecule has 0 radical (unpaired) electrons. The van der Waals surface area contributed by atoms with Crippen molar-refractivity contribution in [1.29, 1.82) is 0 Å². The summed E-state index contributed by atoms with van der Waals surface area (Å²) >= 11 is 5.69. The molecule has 0 bridgehead atoms. The van der Waals surface area contributed by atoms with Crippen LogP contribution in [-0.4, -0.2) is 34.3 Å². The topological polar surface area (TPSA) is 50.5 Å². The second-order valence-electron chi connectivity index (χ2n) is 7.62. The number of pyridine rings is 1. The lowest BCUT2D eigenvalue weighted by Gasteiger charge is -2.28. The van der Waals surface area contributed by atoms with Gasteiger partial charge in [0.2, 0.25) is 0 Å². The van der Waals surface area contributed by atoms with E-state index in [-0.39, 0.29) is 24.0 Å². The summed E-state index contributed by atoms with van der Waals surface area (Å²) in [7, 11) is 0. The van der Waals surface area contributed by atoms with Gasteiger partial charge in [0, 0.05) is 24.9 Å². The molecule has 30 heavy (non-hydrogen) atoms. The van der Waals surface area contributed by atoms with Crippen LogP contribution in [0.5, 0.6) is 0 Å². The molecule has 3 aromatic rings. The Morgan fingerprint density at radius 1 is 1.13 bits per heavy atom. The second-order valence-corrected chi connectivity index (χ2v) is 8.01. The summed E-state index contributed by atoms with van der Waals surface area (Å²) in [5.74, 6) is 1.21. The Balaban J connectivity index is 1.50. The van der Waals surface area contributed by atoms with E-state index in [0.29, 0.717) is 17.4 Å². The van der Waals surface area contributed by atoms with E-state index in [1.54, 1.807) is 18.3 Å². The van der Waals surface area contributed by atoms with E-state index in [2.05, 4.69) is 15.2 Å². The predicted octanol–water partition coefficient (Wildman–Crippen LogP) is 4.63. The molecule has 2 aromatic heterocycles. The molecular formula is C23H22FN3O2S. The van der Waals surface area contributed by atoms with Gasteiger partial charge < -0.3 is 19.4 Å². The van der Waals surface area contributed by atoms with E-state index in [9.17, 15) is 4.39 Å². The monoisotopic (exact) mass is 423 g/mol. The second kappa shape index (κ2) is 8.16. The molecule has 0 amide bonds. The van der Waals surface area contributed by atoms with Crippen molar-refractivity contribution >= 4 is 17.3 Å².